The van der Waals surface area contributed by atoms with Crippen LogP contribution in [0.5, 0.6) is 0 Å². The van der Waals surface area contributed by atoms with E-state index in [2.05, 4.69) is 48.4 Å². The highest BCUT2D eigenvalue weighted by Gasteiger charge is 2.07. The van der Waals surface area contributed by atoms with Gasteiger partial charge in [0.15, 0.2) is 0 Å². The lowest BCUT2D eigenvalue weighted by Crippen LogP contribution is -2.10. The first-order valence-corrected chi connectivity index (χ1v) is 6.06. The number of para-hydroxylation sites is 1. The SMILES string of the molecule is CN(C)Cc1c[nH]c2c(CCCO)cccc12. The summed E-state index contributed by atoms with van der Waals surface area (Å²) in [5, 5.41) is 10.2. The molecular weight excluding hydrogens is 212 g/mol. The van der Waals surface area contributed by atoms with Gasteiger partial charge in [0.25, 0.3) is 0 Å². The van der Waals surface area contributed by atoms with Crippen molar-refractivity contribution in [1.82, 2.24) is 9.88 Å². The van der Waals surface area contributed by atoms with Gasteiger partial charge in [-0.1, -0.05) is 18.2 Å². The fourth-order valence-corrected chi connectivity index (χ4v) is 2.22. The Hall–Kier alpha value is -1.32. The van der Waals surface area contributed by atoms with E-state index in [0.717, 1.165) is 19.4 Å². The number of aromatic nitrogens is 1. The van der Waals surface area contributed by atoms with Crippen molar-refractivity contribution in [3.8, 4) is 0 Å². The van der Waals surface area contributed by atoms with Crippen LogP contribution in [0.2, 0.25) is 0 Å². The molecule has 0 unspecified atom stereocenters. The molecule has 0 aliphatic heterocycles. The number of aliphatic hydroxyl groups is 1. The van der Waals surface area contributed by atoms with Crippen LogP contribution in [-0.4, -0.2) is 35.7 Å². The summed E-state index contributed by atoms with van der Waals surface area (Å²) >= 11 is 0. The van der Waals surface area contributed by atoms with Gasteiger partial charge in [-0.15, -0.1) is 0 Å². The number of nitrogens with one attached hydrogen (secondary N) is 1. The molecule has 0 fully saturated rings. The minimum Gasteiger partial charge on any atom is -0.396 e. The zero-order valence-corrected chi connectivity index (χ0v) is 10.5. The first-order valence-electron chi connectivity index (χ1n) is 6.06. The number of H-pyrrole nitrogens is 1. The summed E-state index contributed by atoms with van der Waals surface area (Å²) in [6.45, 7) is 1.20. The predicted octanol–water partition coefficient (Wildman–Crippen LogP) is 2.15. The number of aliphatic hydroxyl groups excluding tert-OH is 1. The second kappa shape index (κ2) is 5.34. The van der Waals surface area contributed by atoms with Gasteiger partial charge in [-0.3, -0.25) is 0 Å². The highest BCUT2D eigenvalue weighted by Crippen LogP contribution is 2.23. The molecule has 92 valence electrons. The summed E-state index contributed by atoms with van der Waals surface area (Å²) < 4.78 is 0. The average molecular weight is 232 g/mol. The Morgan fingerprint density at radius 1 is 1.24 bits per heavy atom. The van der Waals surface area contributed by atoms with Crippen LogP contribution < -0.4 is 0 Å². The molecule has 3 heteroatoms. The smallest absolute Gasteiger partial charge is 0.0489 e. The summed E-state index contributed by atoms with van der Waals surface area (Å²) in [5.41, 5.74) is 3.84. The van der Waals surface area contributed by atoms with Crippen LogP contribution in [0.4, 0.5) is 0 Å². The predicted molar refractivity (Wildman–Crippen MR) is 71.1 cm³/mol. The molecule has 1 aromatic carbocycles. The lowest BCUT2D eigenvalue weighted by Gasteiger charge is -2.08. The van der Waals surface area contributed by atoms with E-state index in [4.69, 9.17) is 5.11 Å². The molecule has 17 heavy (non-hydrogen) atoms. The topological polar surface area (TPSA) is 39.3 Å². The van der Waals surface area contributed by atoms with Gasteiger partial charge in [0.1, 0.15) is 0 Å². The van der Waals surface area contributed by atoms with Crippen LogP contribution in [0.3, 0.4) is 0 Å². The van der Waals surface area contributed by atoms with E-state index in [1.165, 1.54) is 22.0 Å². The molecule has 0 atom stereocenters. The van der Waals surface area contributed by atoms with Crippen LogP contribution in [0, 0.1) is 0 Å². The average Bonchev–Trinajstić information content (AvgIpc) is 2.70. The molecule has 1 aromatic heterocycles. The lowest BCUT2D eigenvalue weighted by molar-refractivity contribution is 0.289. The Morgan fingerprint density at radius 3 is 2.76 bits per heavy atom. The van der Waals surface area contributed by atoms with E-state index in [1.54, 1.807) is 0 Å². The van der Waals surface area contributed by atoms with Crippen molar-refractivity contribution < 1.29 is 5.11 Å². The summed E-state index contributed by atoms with van der Waals surface area (Å²) in [4.78, 5) is 5.53. The third kappa shape index (κ3) is 2.68. The van der Waals surface area contributed by atoms with Crippen molar-refractivity contribution in [1.29, 1.82) is 0 Å². The highest BCUT2D eigenvalue weighted by molar-refractivity contribution is 5.86. The largest absolute Gasteiger partial charge is 0.396 e. The monoisotopic (exact) mass is 232 g/mol. The van der Waals surface area contributed by atoms with Crippen LogP contribution in [0.1, 0.15) is 17.5 Å². The summed E-state index contributed by atoms with van der Waals surface area (Å²) in [6.07, 6.45) is 3.84. The van der Waals surface area contributed by atoms with Crippen LogP contribution in [0.15, 0.2) is 24.4 Å². The van der Waals surface area contributed by atoms with E-state index in [1.807, 2.05) is 0 Å². The van der Waals surface area contributed by atoms with Gasteiger partial charge >= 0.3 is 0 Å². The van der Waals surface area contributed by atoms with Crippen molar-refractivity contribution in [2.75, 3.05) is 20.7 Å². The van der Waals surface area contributed by atoms with Crippen LogP contribution in [-0.2, 0) is 13.0 Å². The van der Waals surface area contributed by atoms with Gasteiger partial charge in [0.2, 0.25) is 0 Å². The van der Waals surface area contributed by atoms with Gasteiger partial charge in [0.05, 0.1) is 0 Å². The Balaban J connectivity index is 2.35. The Kier molecular flexibility index (Phi) is 3.82. The van der Waals surface area contributed by atoms with Gasteiger partial charge < -0.3 is 15.0 Å². The molecule has 0 amide bonds. The molecule has 0 radical (unpaired) electrons. The van der Waals surface area contributed by atoms with E-state index >= 15 is 0 Å². The fourth-order valence-electron chi connectivity index (χ4n) is 2.22. The Bertz CT molecular complexity index is 488. The van der Waals surface area contributed by atoms with Gasteiger partial charge in [-0.05, 0) is 38.1 Å². The van der Waals surface area contributed by atoms with E-state index in [0.29, 0.717) is 0 Å². The Morgan fingerprint density at radius 2 is 2.06 bits per heavy atom. The van der Waals surface area contributed by atoms with Gasteiger partial charge in [-0.25, -0.2) is 0 Å². The number of aryl methyl sites for hydroxylation is 1. The van der Waals surface area contributed by atoms with Crippen LogP contribution >= 0.6 is 0 Å². The minimum atomic E-state index is 0.252. The molecule has 0 bridgehead atoms. The van der Waals surface area contributed by atoms with E-state index in [-0.39, 0.29) is 6.61 Å². The Labute approximate surface area is 102 Å². The number of nitrogens with zero attached hydrogens (tertiary/aromatic N) is 1. The van der Waals surface area contributed by atoms with Crippen LogP contribution in [0.25, 0.3) is 10.9 Å². The van der Waals surface area contributed by atoms with Crippen molar-refractivity contribution in [2.24, 2.45) is 0 Å². The van der Waals surface area contributed by atoms with Gasteiger partial charge in [0, 0.05) is 30.3 Å². The molecule has 1 heterocycles. The molecule has 0 aliphatic carbocycles. The van der Waals surface area contributed by atoms with Gasteiger partial charge in [-0.2, -0.15) is 0 Å². The second-order valence-electron chi connectivity index (χ2n) is 4.72. The third-order valence-electron chi connectivity index (χ3n) is 2.98. The standard InChI is InChI=1S/C14H20N2O/c1-16(2)10-12-9-15-14-11(6-4-8-17)5-3-7-13(12)14/h3,5,7,9,15,17H,4,6,8,10H2,1-2H3. The minimum absolute atomic E-state index is 0.252. The second-order valence-corrected chi connectivity index (χ2v) is 4.72. The molecule has 2 aromatic rings. The van der Waals surface area contributed by atoms with Crippen molar-refractivity contribution in [2.45, 2.75) is 19.4 Å². The first-order chi connectivity index (χ1) is 8.22. The summed E-state index contributed by atoms with van der Waals surface area (Å²) in [5.74, 6) is 0. The number of fused-ring (bicyclic) bond motifs is 1. The maximum Gasteiger partial charge on any atom is 0.0489 e. The molecule has 0 saturated carbocycles. The molecule has 0 aliphatic rings. The van der Waals surface area contributed by atoms with E-state index in [9.17, 15) is 0 Å². The van der Waals surface area contributed by atoms with E-state index < -0.39 is 0 Å². The molecule has 0 saturated heterocycles. The normalized spacial score (nSPS) is 11.5. The lowest BCUT2D eigenvalue weighted by atomic mass is 10.0. The molecule has 0 spiro atoms. The number of benzene rings is 1. The molecule has 2 N–H and O–H groups in total. The zero-order valence-electron chi connectivity index (χ0n) is 10.5. The number of aromatic amines is 1. The quantitative estimate of drug-likeness (QED) is 0.829. The maximum atomic E-state index is 8.91. The zero-order chi connectivity index (χ0) is 12.3. The molecule has 2 rings (SSSR count). The maximum absolute atomic E-state index is 8.91. The fraction of sp³-hybridized carbons (Fsp3) is 0.429. The molecular formula is C14H20N2O. The summed E-state index contributed by atoms with van der Waals surface area (Å²) in [7, 11) is 4.16. The van der Waals surface area contributed by atoms with Crippen molar-refractivity contribution >= 4 is 10.9 Å². The number of rotatable bonds is 5. The third-order valence-corrected chi connectivity index (χ3v) is 2.98. The molecule has 3 nitrogen and oxygen atoms in total. The van der Waals surface area contributed by atoms with Crippen molar-refractivity contribution in [3.63, 3.8) is 0 Å². The summed E-state index contributed by atoms with van der Waals surface area (Å²) in [6, 6.07) is 6.39. The number of hydrogen-bond acceptors (Lipinski definition) is 2. The number of hydrogen-bond donors (Lipinski definition) is 2. The first kappa shape index (κ1) is 12.1. The van der Waals surface area contributed by atoms with Crippen molar-refractivity contribution in [3.05, 3.63) is 35.5 Å². The highest BCUT2D eigenvalue weighted by atomic mass is 16.2.